The third-order valence-corrected chi connectivity index (χ3v) is 6.66. The van der Waals surface area contributed by atoms with Gasteiger partial charge in [-0.25, -0.2) is 0 Å². The predicted octanol–water partition coefficient (Wildman–Crippen LogP) is 6.73. The first-order valence-corrected chi connectivity index (χ1v) is 12.8. The van der Waals surface area contributed by atoms with Crippen molar-refractivity contribution in [1.29, 1.82) is 5.26 Å². The average Bonchev–Trinajstić information content (AvgIpc) is 2.92. The molecule has 1 aliphatic rings. The Bertz CT molecular complexity index is 1230. The average molecular weight is 483 g/mol. The van der Waals surface area contributed by atoms with Gasteiger partial charge in [-0.3, -0.25) is 4.79 Å². The molecule has 0 saturated heterocycles. The zero-order valence-corrected chi connectivity index (χ0v) is 20.9. The highest BCUT2D eigenvalue weighted by Crippen LogP contribution is 2.30. The van der Waals surface area contributed by atoms with Crippen molar-refractivity contribution in [2.24, 2.45) is 0 Å². The van der Waals surface area contributed by atoms with Gasteiger partial charge in [-0.1, -0.05) is 50.5 Å². The number of anilines is 2. The Kier molecular flexibility index (Phi) is 8.46. The number of ether oxygens (including phenoxy) is 1. The monoisotopic (exact) mass is 482 g/mol. The normalized spacial score (nSPS) is 13.6. The van der Waals surface area contributed by atoms with Crippen LogP contribution in [0.1, 0.15) is 66.9 Å². The maximum absolute atomic E-state index is 13.4. The third-order valence-electron chi connectivity index (χ3n) is 6.66. The minimum Gasteiger partial charge on any atom is -0.456 e. The maximum atomic E-state index is 13.4. The molecule has 0 spiro atoms. The number of carbonyl (C=O) groups excluding carboxylic acids is 1. The van der Waals surface area contributed by atoms with E-state index in [-0.39, 0.29) is 5.91 Å². The molecule has 3 N–H and O–H groups in total. The molecule has 0 heterocycles. The fourth-order valence-corrected chi connectivity index (χ4v) is 4.79. The smallest absolute Gasteiger partial charge is 0.254 e. The van der Waals surface area contributed by atoms with E-state index in [2.05, 4.69) is 23.2 Å². The number of rotatable bonds is 9. The molecule has 0 radical (unpaired) electrons. The van der Waals surface area contributed by atoms with Gasteiger partial charge in [-0.05, 0) is 61.2 Å². The zero-order chi connectivity index (χ0) is 25.3. The number of nitrogens with one attached hydrogen (secondary N) is 1. The number of nitrogen functional groups attached to an aromatic ring is 1. The van der Waals surface area contributed by atoms with E-state index in [1.54, 1.807) is 30.3 Å². The lowest BCUT2D eigenvalue weighted by atomic mass is 9.93. The molecule has 0 bridgehead atoms. The van der Waals surface area contributed by atoms with E-state index < -0.39 is 0 Å². The molecule has 0 unspecified atom stereocenters. The van der Waals surface area contributed by atoms with Gasteiger partial charge in [0, 0.05) is 30.8 Å². The van der Waals surface area contributed by atoms with Crippen molar-refractivity contribution >= 4 is 17.3 Å². The van der Waals surface area contributed by atoms with Crippen LogP contribution in [0, 0.1) is 11.3 Å². The fourth-order valence-electron chi connectivity index (χ4n) is 4.79. The van der Waals surface area contributed by atoms with E-state index in [1.807, 2.05) is 36.4 Å². The van der Waals surface area contributed by atoms with Gasteiger partial charge in [0.2, 0.25) is 0 Å². The van der Waals surface area contributed by atoms with Crippen molar-refractivity contribution in [3.05, 3.63) is 83.4 Å². The van der Waals surface area contributed by atoms with Crippen LogP contribution in [0.2, 0.25) is 0 Å². The van der Waals surface area contributed by atoms with Gasteiger partial charge in [0.15, 0.2) is 0 Å². The van der Waals surface area contributed by atoms with Crippen LogP contribution in [0.15, 0.2) is 66.7 Å². The van der Waals surface area contributed by atoms with E-state index in [9.17, 15) is 10.1 Å². The van der Waals surface area contributed by atoms with Crippen molar-refractivity contribution in [2.75, 3.05) is 17.6 Å². The largest absolute Gasteiger partial charge is 0.456 e. The number of amides is 1. The second-order valence-electron chi connectivity index (χ2n) is 9.30. The van der Waals surface area contributed by atoms with Crippen molar-refractivity contribution in [2.45, 2.75) is 58.0 Å². The number of benzene rings is 3. The minimum absolute atomic E-state index is 0.122. The molecular formula is C30H34N4O2. The van der Waals surface area contributed by atoms with Gasteiger partial charge >= 0.3 is 0 Å². The standard InChI is InChI=1S/C30H34N4O2/c1-2-17-34(25-12-4-3-5-13-25)30(35)23-11-8-9-22(18-23)21-33-28-19-26(15-16-27(28)32)36-29-14-7-6-10-24(29)20-31/h6-11,14-16,18-19,25,33H,2-5,12-13,17,21,32H2,1H3. The molecule has 1 amide bonds. The lowest BCUT2D eigenvalue weighted by Gasteiger charge is -2.34. The topological polar surface area (TPSA) is 91.4 Å². The van der Waals surface area contributed by atoms with Crippen molar-refractivity contribution < 1.29 is 9.53 Å². The van der Waals surface area contributed by atoms with E-state index in [4.69, 9.17) is 10.5 Å². The first-order chi connectivity index (χ1) is 17.6. The minimum atomic E-state index is 0.122. The lowest BCUT2D eigenvalue weighted by molar-refractivity contribution is 0.0634. The summed E-state index contributed by atoms with van der Waals surface area (Å²) in [6.07, 6.45) is 6.84. The van der Waals surface area contributed by atoms with Crippen LogP contribution in [-0.4, -0.2) is 23.4 Å². The number of nitriles is 1. The van der Waals surface area contributed by atoms with Crippen molar-refractivity contribution in [3.8, 4) is 17.6 Å². The first kappa shape index (κ1) is 25.1. The van der Waals surface area contributed by atoms with Gasteiger partial charge in [0.25, 0.3) is 5.91 Å². The Hall–Kier alpha value is -3.98. The summed E-state index contributed by atoms with van der Waals surface area (Å²) in [6, 6.07) is 22.8. The molecule has 3 aromatic carbocycles. The summed E-state index contributed by atoms with van der Waals surface area (Å²) in [5.74, 6) is 1.20. The Morgan fingerprint density at radius 3 is 2.67 bits per heavy atom. The van der Waals surface area contributed by atoms with Crippen LogP contribution >= 0.6 is 0 Å². The highest BCUT2D eigenvalue weighted by atomic mass is 16.5. The van der Waals surface area contributed by atoms with E-state index in [1.165, 1.54) is 19.3 Å². The maximum Gasteiger partial charge on any atom is 0.254 e. The van der Waals surface area contributed by atoms with Crippen LogP contribution in [0.3, 0.4) is 0 Å². The molecule has 1 fully saturated rings. The van der Waals surface area contributed by atoms with Crippen molar-refractivity contribution in [3.63, 3.8) is 0 Å². The Labute approximate surface area is 213 Å². The van der Waals surface area contributed by atoms with Gasteiger partial charge < -0.3 is 20.7 Å². The molecule has 186 valence electrons. The van der Waals surface area contributed by atoms with Gasteiger partial charge in [-0.2, -0.15) is 5.26 Å². The third kappa shape index (κ3) is 6.17. The van der Waals surface area contributed by atoms with Crippen LogP contribution in [0.25, 0.3) is 0 Å². The molecule has 4 rings (SSSR count). The molecule has 3 aromatic rings. The number of nitrogens with two attached hydrogens (primary N) is 1. The molecule has 0 aromatic heterocycles. The summed E-state index contributed by atoms with van der Waals surface area (Å²) in [6.45, 7) is 3.44. The lowest BCUT2D eigenvalue weighted by Crippen LogP contribution is -2.42. The second kappa shape index (κ2) is 12.1. The number of carbonyl (C=O) groups is 1. The highest BCUT2D eigenvalue weighted by Gasteiger charge is 2.25. The van der Waals surface area contributed by atoms with Gasteiger partial charge in [-0.15, -0.1) is 0 Å². The Morgan fingerprint density at radius 1 is 1.08 bits per heavy atom. The fraction of sp³-hybridized carbons (Fsp3) is 0.333. The molecule has 1 aliphatic carbocycles. The Morgan fingerprint density at radius 2 is 1.89 bits per heavy atom. The van der Waals surface area contributed by atoms with E-state index in [0.29, 0.717) is 35.3 Å². The number of nitrogens with zero attached hydrogens (tertiary/aromatic N) is 2. The number of para-hydroxylation sites is 1. The van der Waals surface area contributed by atoms with E-state index >= 15 is 0 Å². The first-order valence-electron chi connectivity index (χ1n) is 12.8. The highest BCUT2D eigenvalue weighted by molar-refractivity contribution is 5.94. The summed E-state index contributed by atoms with van der Waals surface area (Å²) in [4.78, 5) is 15.5. The SMILES string of the molecule is CCCN(C(=O)c1cccc(CNc2cc(Oc3ccccc3C#N)ccc2N)c1)C1CCCCC1. The van der Waals surface area contributed by atoms with Gasteiger partial charge in [0.05, 0.1) is 16.9 Å². The summed E-state index contributed by atoms with van der Waals surface area (Å²) in [7, 11) is 0. The van der Waals surface area contributed by atoms with Crippen LogP contribution in [0.5, 0.6) is 11.5 Å². The molecule has 0 aliphatic heterocycles. The quantitative estimate of drug-likeness (QED) is 0.330. The molecule has 36 heavy (non-hydrogen) atoms. The molecular weight excluding hydrogens is 448 g/mol. The molecule has 6 nitrogen and oxygen atoms in total. The zero-order valence-electron chi connectivity index (χ0n) is 20.9. The van der Waals surface area contributed by atoms with Gasteiger partial charge in [0.1, 0.15) is 17.6 Å². The second-order valence-corrected chi connectivity index (χ2v) is 9.30. The van der Waals surface area contributed by atoms with E-state index in [0.717, 1.165) is 42.6 Å². The summed E-state index contributed by atoms with van der Waals surface area (Å²) in [5.41, 5.74) is 9.73. The van der Waals surface area contributed by atoms with Crippen LogP contribution < -0.4 is 15.8 Å². The number of hydrogen-bond acceptors (Lipinski definition) is 5. The summed E-state index contributed by atoms with van der Waals surface area (Å²) in [5, 5.41) is 12.7. The van der Waals surface area contributed by atoms with Crippen LogP contribution in [-0.2, 0) is 6.54 Å². The molecule has 1 saturated carbocycles. The molecule has 6 heteroatoms. The van der Waals surface area contributed by atoms with Crippen LogP contribution in [0.4, 0.5) is 11.4 Å². The summed E-state index contributed by atoms with van der Waals surface area (Å²) < 4.78 is 5.94. The summed E-state index contributed by atoms with van der Waals surface area (Å²) >= 11 is 0. The molecule has 0 atom stereocenters. The predicted molar refractivity (Wildman–Crippen MR) is 144 cm³/mol. The Balaban J connectivity index is 1.46. The van der Waals surface area contributed by atoms with Crippen molar-refractivity contribution in [1.82, 2.24) is 4.90 Å². The number of hydrogen-bond donors (Lipinski definition) is 2.